The van der Waals surface area contributed by atoms with Gasteiger partial charge in [0.1, 0.15) is 0 Å². The number of hydrogen-bond donors (Lipinski definition) is 0. The number of rotatable bonds is 4. The Morgan fingerprint density at radius 2 is 0.750 bits per heavy atom. The summed E-state index contributed by atoms with van der Waals surface area (Å²) < 4.78 is 0. The molecule has 2 aliphatic rings. The van der Waals surface area contributed by atoms with Gasteiger partial charge in [-0.2, -0.15) is 0 Å². The van der Waals surface area contributed by atoms with Crippen LogP contribution in [0.5, 0.6) is 0 Å². The lowest BCUT2D eigenvalue weighted by atomic mass is 9.80. The molecule has 0 spiro atoms. The minimum atomic E-state index is -0.0777. The molecule has 0 amide bonds. The lowest BCUT2D eigenvalue weighted by molar-refractivity contribution is 0.660. The summed E-state index contributed by atoms with van der Waals surface area (Å²) in [6.07, 6.45) is 0. The van der Waals surface area contributed by atoms with Crippen LogP contribution in [0.15, 0.2) is 194 Å². The van der Waals surface area contributed by atoms with Crippen molar-refractivity contribution in [1.82, 2.24) is 0 Å². The fourth-order valence-electron chi connectivity index (χ4n) is 11.0. The molecule has 10 aromatic rings. The summed E-state index contributed by atoms with van der Waals surface area (Å²) in [6, 6.07) is 73.3. The Morgan fingerprint density at radius 1 is 0.250 bits per heavy atom. The van der Waals surface area contributed by atoms with Gasteiger partial charge in [-0.3, -0.25) is 0 Å². The third-order valence-electron chi connectivity index (χ3n) is 14.1. The number of fused-ring (bicyclic) bond motifs is 9. The highest BCUT2D eigenvalue weighted by Crippen LogP contribution is 2.53. The van der Waals surface area contributed by atoms with Gasteiger partial charge in [-0.1, -0.05) is 191 Å². The quantitative estimate of drug-likeness (QED) is 0.157. The Balaban J connectivity index is 1.17. The van der Waals surface area contributed by atoms with Crippen LogP contribution in [0.1, 0.15) is 49.9 Å². The van der Waals surface area contributed by atoms with Crippen molar-refractivity contribution in [3.63, 3.8) is 0 Å². The highest BCUT2D eigenvalue weighted by Gasteiger charge is 2.37. The van der Waals surface area contributed by atoms with E-state index in [2.05, 4.69) is 222 Å². The molecule has 0 fully saturated rings. The van der Waals surface area contributed by atoms with E-state index in [9.17, 15) is 0 Å². The van der Waals surface area contributed by atoms with Gasteiger partial charge < -0.3 is 0 Å². The fraction of sp³-hybridized carbons (Fsp3) is 0.100. The van der Waals surface area contributed by atoms with Crippen LogP contribution in [0.25, 0.3) is 99.1 Å². The Labute approximate surface area is 352 Å². The molecule has 0 saturated carbocycles. The van der Waals surface area contributed by atoms with E-state index >= 15 is 0 Å². The monoisotopic (exact) mass is 764 g/mol. The third kappa shape index (κ3) is 4.98. The molecule has 284 valence electrons. The number of benzene rings is 10. The lowest BCUT2D eigenvalue weighted by Crippen LogP contribution is -2.14. The molecule has 0 nitrogen and oxygen atoms in total. The molecule has 0 saturated heterocycles. The largest absolute Gasteiger partial charge is 0.0622 e. The standard InChI is InChI=1S/C60H44/c1-59(2)54-25-15-13-21-44(54)50-35-42(28-31-55(50)59)57-46-22-10-11-23-47(46)58(52-33-39-19-9-8-18-38(39)32-49(52)37-16-6-5-7-17-37)48-30-27-40(34-51(48)57)41-26-29-45-43-20-12-14-24-53(43)60(3,4)56(45)36-41/h5-36H,1-4H3. The average molecular weight is 765 g/mol. The van der Waals surface area contributed by atoms with Crippen molar-refractivity contribution >= 4 is 32.3 Å². The van der Waals surface area contributed by atoms with E-state index < -0.39 is 0 Å². The maximum absolute atomic E-state index is 2.49. The molecule has 10 aromatic carbocycles. The molecule has 0 unspecified atom stereocenters. The molecule has 2 aliphatic carbocycles. The molecule has 0 N–H and O–H groups in total. The zero-order valence-electron chi connectivity index (χ0n) is 34.5. The van der Waals surface area contributed by atoms with Gasteiger partial charge >= 0.3 is 0 Å². The Hall–Kier alpha value is -7.02. The smallest absolute Gasteiger partial charge is 0.0159 e. The average Bonchev–Trinajstić information content (AvgIpc) is 3.66. The second-order valence-electron chi connectivity index (χ2n) is 18.0. The van der Waals surface area contributed by atoms with Crippen LogP contribution in [0, 0.1) is 0 Å². The van der Waals surface area contributed by atoms with Crippen LogP contribution in [0.2, 0.25) is 0 Å². The first-order valence-corrected chi connectivity index (χ1v) is 21.3. The van der Waals surface area contributed by atoms with Crippen molar-refractivity contribution in [3.8, 4) is 66.8 Å². The summed E-state index contributed by atoms with van der Waals surface area (Å²) in [6.45, 7) is 9.49. The Bertz CT molecular complexity index is 3410. The van der Waals surface area contributed by atoms with Crippen LogP contribution in [0.3, 0.4) is 0 Å². The Morgan fingerprint density at radius 3 is 1.48 bits per heavy atom. The molecule has 0 radical (unpaired) electrons. The van der Waals surface area contributed by atoms with E-state index in [4.69, 9.17) is 0 Å². The summed E-state index contributed by atoms with van der Waals surface area (Å²) in [5.74, 6) is 0. The van der Waals surface area contributed by atoms with E-state index in [0.29, 0.717) is 0 Å². The van der Waals surface area contributed by atoms with Crippen molar-refractivity contribution < 1.29 is 0 Å². The normalized spacial score (nSPS) is 14.3. The van der Waals surface area contributed by atoms with Crippen LogP contribution >= 0.6 is 0 Å². The second kappa shape index (κ2) is 12.7. The molecule has 12 rings (SSSR count). The summed E-state index contributed by atoms with van der Waals surface area (Å²) >= 11 is 0. The summed E-state index contributed by atoms with van der Waals surface area (Å²) in [5, 5.41) is 7.54. The molecule has 0 aliphatic heterocycles. The van der Waals surface area contributed by atoms with Gasteiger partial charge in [-0.05, 0) is 152 Å². The van der Waals surface area contributed by atoms with Crippen molar-refractivity contribution in [1.29, 1.82) is 0 Å². The topological polar surface area (TPSA) is 0 Å². The molecule has 0 bridgehead atoms. The van der Waals surface area contributed by atoms with Crippen LogP contribution in [0.4, 0.5) is 0 Å². The van der Waals surface area contributed by atoms with E-state index in [1.54, 1.807) is 0 Å². The molecule has 0 heteroatoms. The highest BCUT2D eigenvalue weighted by molar-refractivity contribution is 6.23. The Kier molecular flexibility index (Phi) is 7.42. The van der Waals surface area contributed by atoms with Crippen LogP contribution in [-0.4, -0.2) is 0 Å². The molecule has 0 heterocycles. The zero-order valence-corrected chi connectivity index (χ0v) is 34.5. The first-order chi connectivity index (χ1) is 29.3. The van der Waals surface area contributed by atoms with Crippen molar-refractivity contribution in [3.05, 3.63) is 216 Å². The SMILES string of the molecule is CC1(C)c2ccccc2-c2cc(-c3c4ccccc4c(-c4cc5ccccc5cc4-c4ccccc4)c4ccc(-c5ccc6c(c5)C(C)(C)c5ccccc5-6)cc34)ccc21. The predicted octanol–water partition coefficient (Wildman–Crippen LogP) is 16.4. The van der Waals surface area contributed by atoms with Gasteiger partial charge in [-0.15, -0.1) is 0 Å². The maximum atomic E-state index is 2.49. The summed E-state index contributed by atoms with van der Waals surface area (Å²) in [4.78, 5) is 0. The van der Waals surface area contributed by atoms with E-state index in [1.807, 2.05) is 0 Å². The minimum Gasteiger partial charge on any atom is -0.0622 e. The summed E-state index contributed by atoms with van der Waals surface area (Å²) in [7, 11) is 0. The van der Waals surface area contributed by atoms with Crippen molar-refractivity contribution in [2.45, 2.75) is 38.5 Å². The number of hydrogen-bond acceptors (Lipinski definition) is 0. The third-order valence-corrected chi connectivity index (χ3v) is 14.1. The minimum absolute atomic E-state index is 0.0590. The van der Waals surface area contributed by atoms with E-state index in [1.165, 1.54) is 121 Å². The predicted molar refractivity (Wildman–Crippen MR) is 256 cm³/mol. The summed E-state index contributed by atoms with van der Waals surface area (Å²) in [5.41, 5.74) is 20.8. The van der Waals surface area contributed by atoms with Gasteiger partial charge in [0.25, 0.3) is 0 Å². The van der Waals surface area contributed by atoms with Crippen molar-refractivity contribution in [2.24, 2.45) is 0 Å². The van der Waals surface area contributed by atoms with Crippen LogP contribution < -0.4 is 0 Å². The van der Waals surface area contributed by atoms with E-state index in [0.717, 1.165) is 0 Å². The highest BCUT2D eigenvalue weighted by atomic mass is 14.4. The van der Waals surface area contributed by atoms with Gasteiger partial charge in [-0.25, -0.2) is 0 Å². The van der Waals surface area contributed by atoms with Gasteiger partial charge in [0.2, 0.25) is 0 Å². The first kappa shape index (κ1) is 35.0. The molecular weight excluding hydrogens is 721 g/mol. The second-order valence-corrected chi connectivity index (χ2v) is 18.0. The first-order valence-electron chi connectivity index (χ1n) is 21.3. The molecule has 0 atom stereocenters. The van der Waals surface area contributed by atoms with Gasteiger partial charge in [0.05, 0.1) is 0 Å². The van der Waals surface area contributed by atoms with E-state index in [-0.39, 0.29) is 10.8 Å². The lowest BCUT2D eigenvalue weighted by Gasteiger charge is -2.23. The fourth-order valence-corrected chi connectivity index (χ4v) is 11.0. The zero-order chi connectivity index (χ0) is 40.3. The molecule has 60 heavy (non-hydrogen) atoms. The van der Waals surface area contributed by atoms with Gasteiger partial charge in [0.15, 0.2) is 0 Å². The van der Waals surface area contributed by atoms with Crippen LogP contribution in [-0.2, 0) is 10.8 Å². The van der Waals surface area contributed by atoms with Gasteiger partial charge in [0, 0.05) is 10.8 Å². The molecular formula is C60H44. The maximum Gasteiger partial charge on any atom is 0.0159 e. The van der Waals surface area contributed by atoms with Crippen molar-refractivity contribution in [2.75, 3.05) is 0 Å². The molecule has 0 aromatic heterocycles.